The Morgan fingerprint density at radius 2 is 2.00 bits per heavy atom. The van der Waals surface area contributed by atoms with Gasteiger partial charge in [0.25, 0.3) is 0 Å². The van der Waals surface area contributed by atoms with Crippen molar-refractivity contribution in [1.29, 1.82) is 0 Å². The van der Waals surface area contributed by atoms with Gasteiger partial charge in [0.15, 0.2) is 5.16 Å². The molecule has 5 nitrogen and oxygen atoms in total. The molecule has 0 fully saturated rings. The first-order chi connectivity index (χ1) is 13.2. The molecule has 0 saturated heterocycles. The summed E-state index contributed by atoms with van der Waals surface area (Å²) in [5.41, 5.74) is 3.69. The molecule has 27 heavy (non-hydrogen) atoms. The van der Waals surface area contributed by atoms with Gasteiger partial charge >= 0.3 is 0 Å². The van der Waals surface area contributed by atoms with E-state index in [1.807, 2.05) is 36.5 Å². The highest BCUT2D eigenvalue weighted by Gasteiger charge is 2.12. The number of para-hydroxylation sites is 2. The van der Waals surface area contributed by atoms with Gasteiger partial charge in [0.05, 0.1) is 29.0 Å². The van der Waals surface area contributed by atoms with Crippen molar-refractivity contribution in [2.75, 3.05) is 13.7 Å². The van der Waals surface area contributed by atoms with E-state index < -0.39 is 0 Å². The zero-order valence-electron chi connectivity index (χ0n) is 14.9. The SMILES string of the molecule is COCCn1c(SCc2ccn(-c3cccc(F)c3)n2)nc2ccccc21. The number of methoxy groups -OCH3 is 1. The van der Waals surface area contributed by atoms with E-state index in [9.17, 15) is 4.39 Å². The van der Waals surface area contributed by atoms with Crippen molar-refractivity contribution in [3.05, 3.63) is 72.3 Å². The highest BCUT2D eigenvalue weighted by molar-refractivity contribution is 7.98. The van der Waals surface area contributed by atoms with E-state index in [-0.39, 0.29) is 5.82 Å². The lowest BCUT2D eigenvalue weighted by Crippen LogP contribution is -2.05. The van der Waals surface area contributed by atoms with Gasteiger partial charge in [0.2, 0.25) is 0 Å². The molecule has 0 unspecified atom stereocenters. The van der Waals surface area contributed by atoms with Crippen LogP contribution in [0.3, 0.4) is 0 Å². The van der Waals surface area contributed by atoms with Crippen molar-refractivity contribution < 1.29 is 9.13 Å². The Hall–Kier alpha value is -2.64. The Balaban J connectivity index is 1.53. The fraction of sp³-hybridized carbons (Fsp3) is 0.200. The monoisotopic (exact) mass is 382 g/mol. The number of rotatable bonds is 7. The summed E-state index contributed by atoms with van der Waals surface area (Å²) >= 11 is 1.63. The molecule has 0 radical (unpaired) electrons. The van der Waals surface area contributed by atoms with Gasteiger partial charge in [-0.25, -0.2) is 14.1 Å². The lowest BCUT2D eigenvalue weighted by Gasteiger charge is -2.07. The van der Waals surface area contributed by atoms with Crippen molar-refractivity contribution >= 4 is 22.8 Å². The fourth-order valence-electron chi connectivity index (χ4n) is 2.90. The predicted octanol–water partition coefficient (Wildman–Crippen LogP) is 4.30. The molecule has 4 aromatic rings. The molecule has 138 valence electrons. The molecule has 0 saturated carbocycles. The second kappa shape index (κ2) is 7.94. The number of nitrogens with zero attached hydrogens (tertiary/aromatic N) is 4. The second-order valence-corrected chi connectivity index (χ2v) is 6.99. The number of benzene rings is 2. The van der Waals surface area contributed by atoms with Gasteiger partial charge in [-0.2, -0.15) is 5.10 Å². The lowest BCUT2D eigenvalue weighted by atomic mass is 10.3. The Kier molecular flexibility index (Phi) is 5.22. The third kappa shape index (κ3) is 3.89. The van der Waals surface area contributed by atoms with E-state index in [4.69, 9.17) is 9.72 Å². The molecule has 0 N–H and O–H groups in total. The van der Waals surface area contributed by atoms with Crippen molar-refractivity contribution in [2.45, 2.75) is 17.5 Å². The number of thioether (sulfide) groups is 1. The molecule has 4 rings (SSSR count). The summed E-state index contributed by atoms with van der Waals surface area (Å²) in [6, 6.07) is 16.4. The molecule has 0 spiro atoms. The number of aromatic nitrogens is 4. The van der Waals surface area contributed by atoms with Gasteiger partial charge in [-0.1, -0.05) is 30.0 Å². The Labute approximate surface area is 160 Å². The van der Waals surface area contributed by atoms with Crippen molar-refractivity contribution in [3.63, 3.8) is 0 Å². The van der Waals surface area contributed by atoms with Crippen LogP contribution in [-0.2, 0) is 17.0 Å². The maximum atomic E-state index is 13.4. The number of hydrogen-bond donors (Lipinski definition) is 0. The summed E-state index contributed by atoms with van der Waals surface area (Å²) in [5, 5.41) is 5.49. The zero-order valence-corrected chi connectivity index (χ0v) is 15.7. The van der Waals surface area contributed by atoms with Gasteiger partial charge in [-0.3, -0.25) is 0 Å². The minimum atomic E-state index is -0.272. The van der Waals surface area contributed by atoms with E-state index in [1.165, 1.54) is 12.1 Å². The van der Waals surface area contributed by atoms with E-state index in [2.05, 4.69) is 15.7 Å². The fourth-order valence-corrected chi connectivity index (χ4v) is 3.84. The maximum Gasteiger partial charge on any atom is 0.169 e. The Morgan fingerprint density at radius 1 is 1.11 bits per heavy atom. The molecule has 0 aliphatic rings. The van der Waals surface area contributed by atoms with Crippen LogP contribution in [0.2, 0.25) is 0 Å². The van der Waals surface area contributed by atoms with Crippen LogP contribution in [0.25, 0.3) is 16.7 Å². The molecular formula is C20H19FN4OS. The van der Waals surface area contributed by atoms with Crippen LogP contribution < -0.4 is 0 Å². The molecular weight excluding hydrogens is 363 g/mol. The van der Waals surface area contributed by atoms with Crippen LogP contribution in [0, 0.1) is 5.82 Å². The summed E-state index contributed by atoms with van der Waals surface area (Å²) in [6.45, 7) is 1.37. The van der Waals surface area contributed by atoms with Crippen LogP contribution >= 0.6 is 11.8 Å². The quantitative estimate of drug-likeness (QED) is 0.447. The van der Waals surface area contributed by atoms with Gasteiger partial charge in [0.1, 0.15) is 5.82 Å². The standard InChI is InChI=1S/C20H19FN4OS/c1-26-12-11-24-19-8-3-2-7-18(19)22-20(24)27-14-16-9-10-25(23-16)17-6-4-5-15(21)13-17/h2-10,13H,11-12,14H2,1H3. The molecule has 0 amide bonds. The molecule has 0 aliphatic carbocycles. The first kappa shape index (κ1) is 17.8. The number of fused-ring (bicyclic) bond motifs is 1. The Bertz CT molecular complexity index is 1060. The molecule has 7 heteroatoms. The highest BCUT2D eigenvalue weighted by Crippen LogP contribution is 2.26. The van der Waals surface area contributed by atoms with Crippen LogP contribution in [0.1, 0.15) is 5.69 Å². The smallest absolute Gasteiger partial charge is 0.169 e. The number of ether oxygens (including phenoxy) is 1. The van der Waals surface area contributed by atoms with Gasteiger partial charge in [-0.05, 0) is 36.4 Å². The maximum absolute atomic E-state index is 13.4. The molecule has 0 aliphatic heterocycles. The molecule has 2 aromatic carbocycles. The Morgan fingerprint density at radius 3 is 2.85 bits per heavy atom. The molecule has 0 bridgehead atoms. The third-order valence-corrected chi connectivity index (χ3v) is 5.21. The third-order valence-electron chi connectivity index (χ3n) is 4.20. The zero-order chi connectivity index (χ0) is 18.6. The number of imidazole rings is 1. The number of hydrogen-bond acceptors (Lipinski definition) is 4. The van der Waals surface area contributed by atoms with Crippen LogP contribution in [0.5, 0.6) is 0 Å². The largest absolute Gasteiger partial charge is 0.383 e. The van der Waals surface area contributed by atoms with E-state index >= 15 is 0 Å². The number of halogens is 1. The minimum Gasteiger partial charge on any atom is -0.383 e. The van der Waals surface area contributed by atoms with Gasteiger partial charge in [0, 0.05) is 25.6 Å². The van der Waals surface area contributed by atoms with Gasteiger partial charge < -0.3 is 9.30 Å². The summed E-state index contributed by atoms with van der Waals surface area (Å²) in [7, 11) is 1.70. The average molecular weight is 382 g/mol. The van der Waals surface area contributed by atoms with Crippen molar-refractivity contribution in [2.24, 2.45) is 0 Å². The summed E-state index contributed by atoms with van der Waals surface area (Å²) in [4.78, 5) is 4.74. The van der Waals surface area contributed by atoms with Crippen molar-refractivity contribution in [1.82, 2.24) is 19.3 Å². The van der Waals surface area contributed by atoms with E-state index in [1.54, 1.807) is 29.6 Å². The van der Waals surface area contributed by atoms with E-state index in [0.29, 0.717) is 18.0 Å². The minimum absolute atomic E-state index is 0.272. The summed E-state index contributed by atoms with van der Waals surface area (Å²) < 4.78 is 22.5. The first-order valence-electron chi connectivity index (χ1n) is 8.62. The molecule has 2 heterocycles. The second-order valence-electron chi connectivity index (χ2n) is 6.05. The average Bonchev–Trinajstić information content (AvgIpc) is 3.29. The summed E-state index contributed by atoms with van der Waals surface area (Å²) in [6.07, 6.45) is 1.85. The van der Waals surface area contributed by atoms with Crippen molar-refractivity contribution in [3.8, 4) is 5.69 Å². The van der Waals surface area contributed by atoms with Crippen LogP contribution in [-0.4, -0.2) is 33.0 Å². The normalized spacial score (nSPS) is 11.3. The predicted molar refractivity (Wildman–Crippen MR) is 105 cm³/mol. The topological polar surface area (TPSA) is 44.9 Å². The summed E-state index contributed by atoms with van der Waals surface area (Å²) in [5.74, 6) is 0.407. The van der Waals surface area contributed by atoms with Crippen LogP contribution in [0.4, 0.5) is 4.39 Å². The molecule has 0 atom stereocenters. The van der Waals surface area contributed by atoms with Gasteiger partial charge in [-0.15, -0.1) is 0 Å². The van der Waals surface area contributed by atoms with Crippen LogP contribution in [0.15, 0.2) is 66.0 Å². The molecule has 2 aromatic heterocycles. The first-order valence-corrected chi connectivity index (χ1v) is 9.60. The lowest BCUT2D eigenvalue weighted by molar-refractivity contribution is 0.186. The highest BCUT2D eigenvalue weighted by atomic mass is 32.2. The van der Waals surface area contributed by atoms with E-state index in [0.717, 1.165) is 28.4 Å².